The third-order valence-electron chi connectivity index (χ3n) is 1.84. The Hall–Kier alpha value is -1.38. The molecule has 1 aromatic rings. The maximum absolute atomic E-state index is 11.7. The first-order valence-electron chi connectivity index (χ1n) is 5.14. The Labute approximate surface area is 119 Å². The summed E-state index contributed by atoms with van der Waals surface area (Å²) in [6.07, 6.45) is -0.517. The number of halogens is 1. The Morgan fingerprint density at radius 2 is 1.83 bits per heavy atom. The minimum Gasteiger partial charge on any atom is -0.443 e. The molecule has 0 radical (unpaired) electrons. The highest BCUT2D eigenvalue weighted by Gasteiger charge is 2.22. The van der Waals surface area contributed by atoms with Crippen molar-refractivity contribution < 1.29 is 14.5 Å². The lowest BCUT2D eigenvalue weighted by molar-refractivity contribution is -0.384. The Balaban J connectivity index is 2.81. The number of carbonyl (C=O) groups excluding carboxylic acids is 1. The second-order valence-corrected chi connectivity index (χ2v) is 5.50. The van der Waals surface area contributed by atoms with Gasteiger partial charge in [-0.3, -0.25) is 10.1 Å². The molecule has 0 N–H and O–H groups in total. The zero-order valence-electron chi connectivity index (χ0n) is 10.2. The molecular formula is C11H13IN2O4. The quantitative estimate of drug-likeness (QED) is 0.347. The fourth-order valence-electron chi connectivity index (χ4n) is 1.11. The van der Waals surface area contributed by atoms with Crippen LogP contribution in [-0.2, 0) is 4.74 Å². The summed E-state index contributed by atoms with van der Waals surface area (Å²) in [5.41, 5.74) is -0.0791. The fourth-order valence-corrected chi connectivity index (χ4v) is 1.53. The fraction of sp³-hybridized carbons (Fsp3) is 0.364. The number of nitrogens with zero attached hydrogens (tertiary/aromatic N) is 2. The number of rotatable bonds is 2. The lowest BCUT2D eigenvalue weighted by Gasteiger charge is -2.23. The molecule has 0 spiro atoms. The molecule has 0 aromatic heterocycles. The molecule has 0 bridgehead atoms. The highest BCUT2D eigenvalue weighted by Crippen LogP contribution is 2.24. The molecule has 98 valence electrons. The van der Waals surface area contributed by atoms with E-state index in [1.165, 1.54) is 27.4 Å². The molecule has 0 aliphatic carbocycles. The first-order valence-corrected chi connectivity index (χ1v) is 6.10. The maximum atomic E-state index is 11.7. The van der Waals surface area contributed by atoms with Crippen LogP contribution in [0.15, 0.2) is 24.3 Å². The molecule has 0 saturated carbocycles. The van der Waals surface area contributed by atoms with E-state index in [1.807, 2.05) is 0 Å². The van der Waals surface area contributed by atoms with Crippen LogP contribution in [0.3, 0.4) is 0 Å². The van der Waals surface area contributed by atoms with Gasteiger partial charge in [-0.1, -0.05) is 0 Å². The summed E-state index contributed by atoms with van der Waals surface area (Å²) in [6.45, 7) is 5.31. The molecule has 0 saturated heterocycles. The summed E-state index contributed by atoms with van der Waals surface area (Å²) in [5.74, 6) is 0. The Bertz CT molecular complexity index is 453. The van der Waals surface area contributed by atoms with Crippen molar-refractivity contribution in [1.29, 1.82) is 0 Å². The van der Waals surface area contributed by atoms with Crippen LogP contribution >= 0.6 is 22.9 Å². The number of hydrogen-bond acceptors (Lipinski definition) is 4. The van der Waals surface area contributed by atoms with Gasteiger partial charge < -0.3 is 4.74 Å². The van der Waals surface area contributed by atoms with Crippen LogP contribution in [0, 0.1) is 10.1 Å². The van der Waals surface area contributed by atoms with Gasteiger partial charge in [0.1, 0.15) is 5.60 Å². The largest absolute Gasteiger partial charge is 0.443 e. The predicted molar refractivity (Wildman–Crippen MR) is 75.8 cm³/mol. The molecule has 6 nitrogen and oxygen atoms in total. The van der Waals surface area contributed by atoms with Crippen LogP contribution in [-0.4, -0.2) is 16.6 Å². The number of hydrogen-bond donors (Lipinski definition) is 0. The molecular weight excluding hydrogens is 351 g/mol. The normalized spacial score (nSPS) is 10.9. The maximum Gasteiger partial charge on any atom is 0.423 e. The first-order chi connectivity index (χ1) is 8.20. The molecule has 1 amide bonds. The molecule has 0 atom stereocenters. The van der Waals surface area contributed by atoms with E-state index in [1.54, 1.807) is 43.6 Å². The zero-order valence-corrected chi connectivity index (χ0v) is 12.4. The first kappa shape index (κ1) is 14.7. The smallest absolute Gasteiger partial charge is 0.423 e. The lowest BCUT2D eigenvalue weighted by atomic mass is 10.2. The monoisotopic (exact) mass is 364 g/mol. The number of anilines is 1. The van der Waals surface area contributed by atoms with Crippen molar-refractivity contribution in [3.05, 3.63) is 34.4 Å². The minimum absolute atomic E-state index is 0.0206. The second kappa shape index (κ2) is 5.51. The van der Waals surface area contributed by atoms with Crippen molar-refractivity contribution >= 4 is 40.3 Å². The molecule has 7 heteroatoms. The minimum atomic E-state index is -0.582. The molecule has 0 aliphatic heterocycles. The zero-order chi connectivity index (χ0) is 13.9. The van der Waals surface area contributed by atoms with Crippen molar-refractivity contribution in [2.45, 2.75) is 26.4 Å². The number of non-ortho nitro benzene ring substituents is 1. The number of carbonyl (C=O) groups is 1. The van der Waals surface area contributed by atoms with Crippen molar-refractivity contribution in [1.82, 2.24) is 0 Å². The van der Waals surface area contributed by atoms with E-state index in [0.29, 0.717) is 5.69 Å². The topological polar surface area (TPSA) is 72.7 Å². The van der Waals surface area contributed by atoms with E-state index >= 15 is 0 Å². The van der Waals surface area contributed by atoms with Crippen LogP contribution < -0.4 is 3.11 Å². The third kappa shape index (κ3) is 4.13. The summed E-state index contributed by atoms with van der Waals surface area (Å²) in [5, 5.41) is 10.5. The Morgan fingerprint density at radius 1 is 1.33 bits per heavy atom. The van der Waals surface area contributed by atoms with Crippen molar-refractivity contribution in [2.24, 2.45) is 0 Å². The number of benzene rings is 1. The standard InChI is InChI=1S/C11H13IN2O4/c1-11(2,3)18-10(15)13(12)8-4-6-9(7-5-8)14(16)17/h4-7H,1-3H3. The van der Waals surface area contributed by atoms with Crippen LogP contribution in [0.1, 0.15) is 20.8 Å². The average molecular weight is 364 g/mol. The van der Waals surface area contributed by atoms with Crippen LogP contribution in [0.2, 0.25) is 0 Å². The third-order valence-corrected chi connectivity index (χ3v) is 2.79. The van der Waals surface area contributed by atoms with Gasteiger partial charge in [-0.25, -0.2) is 7.91 Å². The van der Waals surface area contributed by atoms with Crippen molar-refractivity contribution in [2.75, 3.05) is 3.11 Å². The number of nitro groups is 1. The number of ether oxygens (including phenoxy) is 1. The summed E-state index contributed by atoms with van der Waals surface area (Å²) < 4.78 is 6.45. The van der Waals surface area contributed by atoms with Gasteiger partial charge in [0, 0.05) is 12.1 Å². The summed E-state index contributed by atoms with van der Waals surface area (Å²) in [7, 11) is 0. The van der Waals surface area contributed by atoms with E-state index in [2.05, 4.69) is 0 Å². The van der Waals surface area contributed by atoms with Crippen molar-refractivity contribution in [3.8, 4) is 0 Å². The highest BCUT2D eigenvalue weighted by molar-refractivity contribution is 14.1. The van der Waals surface area contributed by atoms with Gasteiger partial charge in [0.05, 0.1) is 33.5 Å². The van der Waals surface area contributed by atoms with E-state index in [4.69, 9.17) is 4.74 Å². The molecule has 18 heavy (non-hydrogen) atoms. The average Bonchev–Trinajstić information content (AvgIpc) is 2.26. The molecule has 0 aliphatic rings. The Morgan fingerprint density at radius 3 is 2.22 bits per heavy atom. The van der Waals surface area contributed by atoms with E-state index in [0.717, 1.165) is 0 Å². The second-order valence-electron chi connectivity index (χ2n) is 4.53. The number of amides is 1. The highest BCUT2D eigenvalue weighted by atomic mass is 127. The van der Waals surface area contributed by atoms with E-state index in [9.17, 15) is 14.9 Å². The molecule has 0 fully saturated rings. The molecule has 0 unspecified atom stereocenters. The SMILES string of the molecule is CC(C)(C)OC(=O)N(I)c1ccc([N+](=O)[O-])cc1. The van der Waals surface area contributed by atoms with Gasteiger partial charge in [0.2, 0.25) is 0 Å². The summed E-state index contributed by atoms with van der Waals surface area (Å²) in [6, 6.07) is 5.67. The van der Waals surface area contributed by atoms with Crippen molar-refractivity contribution in [3.63, 3.8) is 0 Å². The lowest BCUT2D eigenvalue weighted by Crippen LogP contribution is -2.30. The van der Waals surface area contributed by atoms with Gasteiger partial charge in [-0.05, 0) is 32.9 Å². The summed E-state index contributed by atoms with van der Waals surface area (Å²) in [4.78, 5) is 21.8. The van der Waals surface area contributed by atoms with Crippen LogP contribution in [0.4, 0.5) is 16.2 Å². The van der Waals surface area contributed by atoms with Gasteiger partial charge in [0.25, 0.3) is 5.69 Å². The van der Waals surface area contributed by atoms with Gasteiger partial charge in [-0.15, -0.1) is 0 Å². The van der Waals surface area contributed by atoms with Gasteiger partial charge in [0.15, 0.2) is 0 Å². The van der Waals surface area contributed by atoms with Crippen LogP contribution in [0.25, 0.3) is 0 Å². The van der Waals surface area contributed by atoms with E-state index in [-0.39, 0.29) is 5.69 Å². The summed E-state index contributed by atoms with van der Waals surface area (Å²) >= 11 is 1.79. The van der Waals surface area contributed by atoms with Crippen LogP contribution in [0.5, 0.6) is 0 Å². The molecule has 0 heterocycles. The Kier molecular flexibility index (Phi) is 4.49. The van der Waals surface area contributed by atoms with Gasteiger partial charge >= 0.3 is 6.09 Å². The molecule has 1 rings (SSSR count). The molecule has 1 aromatic carbocycles. The van der Waals surface area contributed by atoms with Gasteiger partial charge in [-0.2, -0.15) is 0 Å². The predicted octanol–water partition coefficient (Wildman–Crippen LogP) is 3.69. The number of nitro benzene ring substituents is 1. The van der Waals surface area contributed by atoms with E-state index < -0.39 is 16.6 Å².